The molecule has 32 heavy (non-hydrogen) atoms. The predicted octanol–water partition coefficient (Wildman–Crippen LogP) is 5.53. The Morgan fingerprint density at radius 1 is 1.06 bits per heavy atom. The molecule has 0 bridgehead atoms. The highest BCUT2D eigenvalue weighted by atomic mass is 35.5. The molecular weight excluding hydrogens is 424 g/mol. The lowest BCUT2D eigenvalue weighted by molar-refractivity contribution is -0.142. The van der Waals surface area contributed by atoms with Crippen molar-refractivity contribution in [2.75, 3.05) is 6.61 Å². The molecule has 5 nitrogen and oxygen atoms in total. The molecule has 0 aromatic heterocycles. The molecule has 0 heterocycles. The van der Waals surface area contributed by atoms with Crippen LogP contribution in [0.5, 0.6) is 5.75 Å². The molecule has 0 aliphatic rings. The normalized spacial score (nSPS) is 12.2. The summed E-state index contributed by atoms with van der Waals surface area (Å²) < 4.78 is 5.71. The van der Waals surface area contributed by atoms with E-state index in [0.717, 1.165) is 11.1 Å². The first kappa shape index (κ1) is 25.7. The van der Waals surface area contributed by atoms with Crippen LogP contribution in [-0.2, 0) is 16.1 Å². The van der Waals surface area contributed by atoms with E-state index < -0.39 is 6.04 Å². The van der Waals surface area contributed by atoms with Crippen LogP contribution in [0.4, 0.5) is 0 Å². The summed E-state index contributed by atoms with van der Waals surface area (Å²) in [5.74, 6) is 0.536. The number of amides is 2. The molecule has 1 N–H and O–H groups in total. The average molecular weight is 459 g/mol. The number of carbonyl (C=O) groups excluding carboxylic acids is 2. The van der Waals surface area contributed by atoms with E-state index in [-0.39, 0.29) is 17.4 Å². The highest BCUT2D eigenvalue weighted by Crippen LogP contribution is 2.18. The molecule has 0 saturated carbocycles. The Hall–Kier alpha value is -2.53. The molecule has 174 valence electrons. The zero-order valence-corrected chi connectivity index (χ0v) is 20.5. The predicted molar refractivity (Wildman–Crippen MR) is 130 cm³/mol. The monoisotopic (exact) mass is 458 g/mol. The molecule has 0 saturated heterocycles. The third-order valence-corrected chi connectivity index (χ3v) is 5.23. The fourth-order valence-electron chi connectivity index (χ4n) is 3.35. The molecule has 0 aliphatic carbocycles. The standard InChI is InChI=1S/C26H35ClN2O3/c1-6-23(25(31)28-26(3,4)5)29(18-20-11-9-19(2)10-12-20)24(30)8-7-17-32-22-15-13-21(27)14-16-22/h9-16,23H,6-8,17-18H2,1-5H3,(H,28,31)/t23-/m1/s1. The molecular formula is C26H35ClN2O3. The second-order valence-electron chi connectivity index (χ2n) is 9.08. The maximum Gasteiger partial charge on any atom is 0.243 e. The fourth-order valence-corrected chi connectivity index (χ4v) is 3.48. The Labute approximate surface area is 197 Å². The number of hydrogen-bond donors (Lipinski definition) is 1. The van der Waals surface area contributed by atoms with E-state index in [0.29, 0.717) is 43.2 Å². The number of rotatable bonds is 10. The second-order valence-corrected chi connectivity index (χ2v) is 9.51. The first-order valence-electron chi connectivity index (χ1n) is 11.1. The summed E-state index contributed by atoms with van der Waals surface area (Å²) >= 11 is 5.90. The van der Waals surface area contributed by atoms with Gasteiger partial charge in [0.05, 0.1) is 6.61 Å². The average Bonchev–Trinajstić information content (AvgIpc) is 2.72. The Morgan fingerprint density at radius 2 is 1.69 bits per heavy atom. The van der Waals surface area contributed by atoms with Crippen molar-refractivity contribution in [3.8, 4) is 5.75 Å². The number of nitrogens with zero attached hydrogens (tertiary/aromatic N) is 1. The van der Waals surface area contributed by atoms with E-state index in [1.165, 1.54) is 0 Å². The highest BCUT2D eigenvalue weighted by molar-refractivity contribution is 6.30. The number of benzene rings is 2. The molecule has 6 heteroatoms. The molecule has 2 rings (SSSR count). The minimum Gasteiger partial charge on any atom is -0.494 e. The lowest BCUT2D eigenvalue weighted by Gasteiger charge is -2.33. The van der Waals surface area contributed by atoms with Gasteiger partial charge in [-0.05, 0) is 70.4 Å². The molecule has 0 radical (unpaired) electrons. The molecule has 2 amide bonds. The van der Waals surface area contributed by atoms with E-state index in [4.69, 9.17) is 16.3 Å². The number of nitrogens with one attached hydrogen (secondary N) is 1. The first-order chi connectivity index (χ1) is 15.1. The molecule has 2 aromatic rings. The number of carbonyl (C=O) groups is 2. The van der Waals surface area contributed by atoms with Crippen LogP contribution in [0, 0.1) is 6.92 Å². The lowest BCUT2D eigenvalue weighted by Crippen LogP contribution is -2.53. The van der Waals surface area contributed by atoms with Gasteiger partial charge in [-0.3, -0.25) is 9.59 Å². The van der Waals surface area contributed by atoms with Crippen LogP contribution >= 0.6 is 11.6 Å². The largest absolute Gasteiger partial charge is 0.494 e. The van der Waals surface area contributed by atoms with Gasteiger partial charge < -0.3 is 15.0 Å². The van der Waals surface area contributed by atoms with Gasteiger partial charge in [-0.15, -0.1) is 0 Å². The Morgan fingerprint density at radius 3 is 2.25 bits per heavy atom. The van der Waals surface area contributed by atoms with Crippen molar-refractivity contribution in [1.29, 1.82) is 0 Å². The molecule has 0 aliphatic heterocycles. The van der Waals surface area contributed by atoms with Crippen LogP contribution in [-0.4, -0.2) is 34.9 Å². The minimum atomic E-state index is -0.528. The van der Waals surface area contributed by atoms with Gasteiger partial charge in [-0.1, -0.05) is 48.4 Å². The van der Waals surface area contributed by atoms with E-state index >= 15 is 0 Å². The maximum absolute atomic E-state index is 13.2. The first-order valence-corrected chi connectivity index (χ1v) is 11.5. The number of ether oxygens (including phenoxy) is 1. The molecule has 2 aromatic carbocycles. The Kier molecular flexibility index (Phi) is 9.58. The van der Waals surface area contributed by atoms with Crippen molar-refractivity contribution >= 4 is 23.4 Å². The van der Waals surface area contributed by atoms with Crippen molar-refractivity contribution in [3.63, 3.8) is 0 Å². The Balaban J connectivity index is 2.07. The summed E-state index contributed by atoms with van der Waals surface area (Å²) in [5.41, 5.74) is 1.79. The van der Waals surface area contributed by atoms with E-state index in [1.807, 2.05) is 58.9 Å². The summed E-state index contributed by atoms with van der Waals surface area (Å²) in [6, 6.07) is 14.7. The van der Waals surface area contributed by atoms with Gasteiger partial charge in [0.25, 0.3) is 0 Å². The minimum absolute atomic E-state index is 0.0545. The number of halogens is 1. The van der Waals surface area contributed by atoms with Gasteiger partial charge in [0.15, 0.2) is 0 Å². The van der Waals surface area contributed by atoms with Gasteiger partial charge in [0.2, 0.25) is 11.8 Å². The third kappa shape index (κ3) is 8.54. The van der Waals surface area contributed by atoms with Gasteiger partial charge in [0, 0.05) is 23.5 Å². The second kappa shape index (κ2) is 11.9. The van der Waals surface area contributed by atoms with Gasteiger partial charge >= 0.3 is 0 Å². The van der Waals surface area contributed by atoms with Crippen LogP contribution in [0.2, 0.25) is 5.02 Å². The zero-order valence-electron chi connectivity index (χ0n) is 19.8. The summed E-state index contributed by atoms with van der Waals surface area (Å²) in [6.07, 6.45) is 1.41. The van der Waals surface area contributed by atoms with Gasteiger partial charge in [-0.25, -0.2) is 0 Å². The molecule has 0 unspecified atom stereocenters. The summed E-state index contributed by atoms with van der Waals surface area (Å²) in [6.45, 7) is 10.6. The van der Waals surface area contributed by atoms with E-state index in [2.05, 4.69) is 5.32 Å². The van der Waals surface area contributed by atoms with E-state index in [9.17, 15) is 9.59 Å². The number of hydrogen-bond acceptors (Lipinski definition) is 3. The summed E-state index contributed by atoms with van der Waals surface area (Å²) in [4.78, 5) is 27.9. The zero-order chi connectivity index (χ0) is 23.7. The SMILES string of the molecule is CC[C@H](C(=O)NC(C)(C)C)N(Cc1ccc(C)cc1)C(=O)CCCOc1ccc(Cl)cc1. The lowest BCUT2D eigenvalue weighted by atomic mass is 10.0. The molecule has 0 spiro atoms. The van der Waals surface area contributed by atoms with Crippen LogP contribution in [0.3, 0.4) is 0 Å². The van der Waals surface area contributed by atoms with Crippen molar-refractivity contribution < 1.29 is 14.3 Å². The van der Waals surface area contributed by atoms with Gasteiger partial charge in [-0.2, -0.15) is 0 Å². The van der Waals surface area contributed by atoms with Crippen LogP contribution < -0.4 is 10.1 Å². The molecule has 1 atom stereocenters. The Bertz CT molecular complexity index is 873. The van der Waals surface area contributed by atoms with Crippen molar-refractivity contribution in [2.45, 2.75) is 72.0 Å². The smallest absolute Gasteiger partial charge is 0.243 e. The topological polar surface area (TPSA) is 58.6 Å². The molecule has 0 fully saturated rings. The summed E-state index contributed by atoms with van der Waals surface area (Å²) in [5, 5.41) is 3.68. The van der Waals surface area contributed by atoms with Crippen molar-refractivity contribution in [2.24, 2.45) is 0 Å². The van der Waals surface area contributed by atoms with Crippen LogP contribution in [0.25, 0.3) is 0 Å². The summed E-state index contributed by atoms with van der Waals surface area (Å²) in [7, 11) is 0. The fraction of sp³-hybridized carbons (Fsp3) is 0.462. The number of aryl methyl sites for hydroxylation is 1. The quantitative estimate of drug-likeness (QED) is 0.476. The van der Waals surface area contributed by atoms with E-state index in [1.54, 1.807) is 29.2 Å². The van der Waals surface area contributed by atoms with Gasteiger partial charge in [0.1, 0.15) is 11.8 Å². The van der Waals surface area contributed by atoms with Crippen molar-refractivity contribution in [1.82, 2.24) is 10.2 Å². The van der Waals surface area contributed by atoms with Crippen LogP contribution in [0.15, 0.2) is 48.5 Å². The third-order valence-electron chi connectivity index (χ3n) is 4.97. The van der Waals surface area contributed by atoms with Crippen molar-refractivity contribution in [3.05, 3.63) is 64.7 Å². The maximum atomic E-state index is 13.2. The highest BCUT2D eigenvalue weighted by Gasteiger charge is 2.30. The van der Waals surface area contributed by atoms with Crippen LogP contribution in [0.1, 0.15) is 58.1 Å².